The number of carbonyl (C=O) groups is 2. The molecule has 1 heterocycles. The van der Waals surface area contributed by atoms with Gasteiger partial charge >= 0.3 is 5.97 Å². The number of aldehydes is 1. The summed E-state index contributed by atoms with van der Waals surface area (Å²) in [5.41, 5.74) is 0.0791. The fourth-order valence-corrected chi connectivity index (χ4v) is 1.46. The topological polar surface area (TPSA) is 70.2 Å². The molecule has 0 unspecified atom stereocenters. The lowest BCUT2D eigenvalue weighted by molar-refractivity contribution is 0.0692. The molecule has 0 bridgehead atoms. The second-order valence-electron chi connectivity index (χ2n) is 3.02. The van der Waals surface area contributed by atoms with Crippen LogP contribution in [0.1, 0.15) is 20.7 Å². The van der Waals surface area contributed by atoms with Gasteiger partial charge in [-0.05, 0) is 12.1 Å². The van der Waals surface area contributed by atoms with Crippen LogP contribution in [0.3, 0.4) is 0 Å². The minimum Gasteiger partial charge on any atom is -0.478 e. The minimum atomic E-state index is -1.35. The van der Waals surface area contributed by atoms with Crippen LogP contribution in [-0.4, -0.2) is 22.3 Å². The van der Waals surface area contributed by atoms with Crippen molar-refractivity contribution in [1.82, 2.24) is 4.98 Å². The summed E-state index contributed by atoms with van der Waals surface area (Å²) in [4.78, 5) is 23.9. The Bertz CT molecular complexity index is 559. The molecule has 5 heteroatoms. The van der Waals surface area contributed by atoms with Gasteiger partial charge in [-0.15, -0.1) is 0 Å². The molecule has 0 radical (unpaired) electrons. The first-order valence-electron chi connectivity index (χ1n) is 4.13. The van der Waals surface area contributed by atoms with Crippen molar-refractivity contribution in [3.63, 3.8) is 0 Å². The van der Waals surface area contributed by atoms with Crippen LogP contribution >= 0.6 is 0 Å². The number of rotatable bonds is 2. The minimum absolute atomic E-state index is 0.0184. The number of hydrogen-bond donors (Lipinski definition) is 2. The summed E-state index contributed by atoms with van der Waals surface area (Å²) in [6, 6.07) is 2.58. The molecule has 15 heavy (non-hydrogen) atoms. The van der Waals surface area contributed by atoms with E-state index < -0.39 is 17.3 Å². The molecule has 0 saturated carbocycles. The van der Waals surface area contributed by atoms with Crippen molar-refractivity contribution in [3.05, 3.63) is 35.3 Å². The normalized spacial score (nSPS) is 10.5. The summed E-state index contributed by atoms with van der Waals surface area (Å²) in [6.07, 6.45) is 1.82. The number of aromatic amines is 1. The maximum absolute atomic E-state index is 13.6. The third-order valence-corrected chi connectivity index (χ3v) is 2.17. The molecule has 0 spiro atoms. The molecule has 0 fully saturated rings. The van der Waals surface area contributed by atoms with E-state index in [0.717, 1.165) is 6.07 Å². The highest BCUT2D eigenvalue weighted by molar-refractivity contribution is 6.01. The number of carboxylic acid groups (broad SMARTS) is 1. The average Bonchev–Trinajstić information content (AvgIpc) is 2.61. The average molecular weight is 207 g/mol. The number of carbonyl (C=O) groups excluding carboxylic acids is 1. The first kappa shape index (κ1) is 9.39. The van der Waals surface area contributed by atoms with E-state index in [0.29, 0.717) is 11.8 Å². The third-order valence-electron chi connectivity index (χ3n) is 2.17. The smallest absolute Gasteiger partial charge is 0.338 e. The standard InChI is InChI=1S/C10H6FNO3/c11-9-6(10(14)15)1-2-7-8(9)5(4-13)3-12-7/h1-4,12H,(H,14,15). The summed E-state index contributed by atoms with van der Waals surface area (Å²) in [5.74, 6) is -2.24. The molecule has 0 aliphatic rings. The van der Waals surface area contributed by atoms with E-state index in [4.69, 9.17) is 5.11 Å². The van der Waals surface area contributed by atoms with Gasteiger partial charge < -0.3 is 10.1 Å². The first-order chi connectivity index (χ1) is 7.15. The summed E-state index contributed by atoms with van der Waals surface area (Å²) in [7, 11) is 0. The highest BCUT2D eigenvalue weighted by atomic mass is 19.1. The quantitative estimate of drug-likeness (QED) is 0.738. The lowest BCUT2D eigenvalue weighted by atomic mass is 10.1. The molecule has 0 aliphatic heterocycles. The van der Waals surface area contributed by atoms with Gasteiger partial charge in [0, 0.05) is 22.7 Å². The second kappa shape index (κ2) is 3.20. The summed E-state index contributed by atoms with van der Waals surface area (Å²) >= 11 is 0. The second-order valence-corrected chi connectivity index (χ2v) is 3.02. The number of carboxylic acids is 1. The summed E-state index contributed by atoms with van der Waals surface area (Å²) in [6.45, 7) is 0. The van der Waals surface area contributed by atoms with E-state index in [1.54, 1.807) is 0 Å². The SMILES string of the molecule is O=Cc1c[nH]c2ccc(C(=O)O)c(F)c12. The Balaban J connectivity index is 2.86. The number of nitrogens with one attached hydrogen (secondary N) is 1. The number of benzene rings is 1. The highest BCUT2D eigenvalue weighted by Crippen LogP contribution is 2.23. The molecule has 2 N–H and O–H groups in total. The molecular formula is C10H6FNO3. The van der Waals surface area contributed by atoms with E-state index in [2.05, 4.69) is 4.98 Å². The molecule has 76 valence electrons. The number of aromatic nitrogens is 1. The zero-order valence-corrected chi connectivity index (χ0v) is 7.45. The maximum Gasteiger partial charge on any atom is 0.338 e. The Morgan fingerprint density at radius 2 is 2.20 bits per heavy atom. The number of fused-ring (bicyclic) bond motifs is 1. The Morgan fingerprint density at radius 3 is 2.80 bits per heavy atom. The van der Waals surface area contributed by atoms with Crippen molar-refractivity contribution >= 4 is 23.2 Å². The fourth-order valence-electron chi connectivity index (χ4n) is 1.46. The number of halogens is 1. The molecule has 0 amide bonds. The van der Waals surface area contributed by atoms with Gasteiger partial charge in [0.25, 0.3) is 0 Å². The van der Waals surface area contributed by atoms with E-state index in [1.807, 2.05) is 0 Å². The van der Waals surface area contributed by atoms with E-state index in [9.17, 15) is 14.0 Å². The molecule has 1 aromatic carbocycles. The molecular weight excluding hydrogens is 201 g/mol. The third kappa shape index (κ3) is 1.28. The molecule has 1 aromatic heterocycles. The van der Waals surface area contributed by atoms with Crippen LogP contribution in [0.4, 0.5) is 4.39 Å². The van der Waals surface area contributed by atoms with Crippen LogP contribution in [0.25, 0.3) is 10.9 Å². The van der Waals surface area contributed by atoms with Gasteiger partial charge in [0.05, 0.1) is 5.56 Å². The van der Waals surface area contributed by atoms with Gasteiger partial charge in [-0.1, -0.05) is 0 Å². The van der Waals surface area contributed by atoms with Crippen LogP contribution in [0.15, 0.2) is 18.3 Å². The molecule has 4 nitrogen and oxygen atoms in total. The molecule has 0 saturated heterocycles. The van der Waals surface area contributed by atoms with Crippen molar-refractivity contribution in [2.75, 3.05) is 0 Å². The highest BCUT2D eigenvalue weighted by Gasteiger charge is 2.16. The summed E-state index contributed by atoms with van der Waals surface area (Å²) in [5, 5.41) is 8.71. The van der Waals surface area contributed by atoms with Gasteiger partial charge in [-0.25, -0.2) is 9.18 Å². The van der Waals surface area contributed by atoms with Crippen molar-refractivity contribution in [2.45, 2.75) is 0 Å². The predicted octanol–water partition coefficient (Wildman–Crippen LogP) is 1.82. The molecule has 0 atom stereocenters. The number of aromatic carboxylic acids is 1. The Hall–Kier alpha value is -2.17. The molecule has 2 aromatic rings. The van der Waals surface area contributed by atoms with Crippen LogP contribution < -0.4 is 0 Å². The van der Waals surface area contributed by atoms with Gasteiger partial charge in [-0.3, -0.25) is 4.79 Å². The Kier molecular flexibility index (Phi) is 2.00. The maximum atomic E-state index is 13.6. The van der Waals surface area contributed by atoms with Crippen LogP contribution in [0.2, 0.25) is 0 Å². The van der Waals surface area contributed by atoms with Crippen LogP contribution in [-0.2, 0) is 0 Å². The van der Waals surface area contributed by atoms with Crippen molar-refractivity contribution in [1.29, 1.82) is 0 Å². The molecule has 0 aliphatic carbocycles. The monoisotopic (exact) mass is 207 g/mol. The zero-order chi connectivity index (χ0) is 11.0. The van der Waals surface area contributed by atoms with Gasteiger partial charge in [-0.2, -0.15) is 0 Å². The molecule has 2 rings (SSSR count). The van der Waals surface area contributed by atoms with Gasteiger partial charge in [0.1, 0.15) is 5.82 Å². The van der Waals surface area contributed by atoms with E-state index >= 15 is 0 Å². The van der Waals surface area contributed by atoms with E-state index in [-0.39, 0.29) is 10.9 Å². The Morgan fingerprint density at radius 1 is 1.47 bits per heavy atom. The summed E-state index contributed by atoms with van der Waals surface area (Å²) < 4.78 is 13.6. The lowest BCUT2D eigenvalue weighted by Crippen LogP contribution is -2.00. The lowest BCUT2D eigenvalue weighted by Gasteiger charge is -1.99. The fraction of sp³-hybridized carbons (Fsp3) is 0. The van der Waals surface area contributed by atoms with Gasteiger partial charge in [0.2, 0.25) is 0 Å². The van der Waals surface area contributed by atoms with Crippen molar-refractivity contribution < 1.29 is 19.1 Å². The van der Waals surface area contributed by atoms with Crippen molar-refractivity contribution in [3.8, 4) is 0 Å². The van der Waals surface area contributed by atoms with Crippen LogP contribution in [0.5, 0.6) is 0 Å². The van der Waals surface area contributed by atoms with Crippen LogP contribution in [0, 0.1) is 5.82 Å². The predicted molar refractivity (Wildman–Crippen MR) is 50.6 cm³/mol. The largest absolute Gasteiger partial charge is 0.478 e. The number of hydrogen-bond acceptors (Lipinski definition) is 2. The van der Waals surface area contributed by atoms with Gasteiger partial charge in [0.15, 0.2) is 6.29 Å². The number of H-pyrrole nitrogens is 1. The first-order valence-corrected chi connectivity index (χ1v) is 4.13. The van der Waals surface area contributed by atoms with E-state index in [1.165, 1.54) is 12.3 Å². The zero-order valence-electron chi connectivity index (χ0n) is 7.45. The van der Waals surface area contributed by atoms with Crippen molar-refractivity contribution in [2.24, 2.45) is 0 Å². The Labute approximate surface area is 83.3 Å².